The Morgan fingerprint density at radius 1 is 0.951 bits per heavy atom. The zero-order valence-corrected chi connectivity index (χ0v) is 24.2. The van der Waals surface area contributed by atoms with E-state index in [0.29, 0.717) is 34.2 Å². The number of aromatic nitrogens is 2. The Labute approximate surface area is 242 Å². The maximum atomic E-state index is 13.8. The molecule has 41 heavy (non-hydrogen) atoms. The third-order valence-electron chi connectivity index (χ3n) is 5.73. The van der Waals surface area contributed by atoms with Gasteiger partial charge in [-0.05, 0) is 88.3 Å². The molecule has 0 saturated carbocycles. The number of carbonyl (C=O) groups is 4. The lowest BCUT2D eigenvalue weighted by Crippen LogP contribution is -2.33. The predicted molar refractivity (Wildman–Crippen MR) is 155 cm³/mol. The first-order chi connectivity index (χ1) is 19.6. The number of nitrogens with one attached hydrogen (secondary N) is 1. The van der Waals surface area contributed by atoms with Crippen LogP contribution in [0.4, 0.5) is 11.4 Å². The minimum Gasteiger partial charge on any atom is -0.462 e. The fourth-order valence-corrected chi connectivity index (χ4v) is 4.97. The van der Waals surface area contributed by atoms with Crippen molar-refractivity contribution in [2.45, 2.75) is 52.3 Å². The van der Waals surface area contributed by atoms with Gasteiger partial charge < -0.3 is 14.8 Å². The fraction of sp³-hybridized carbons (Fsp3) is 0.267. The molecule has 0 atom stereocenters. The molecule has 0 spiro atoms. The number of imide groups is 1. The summed E-state index contributed by atoms with van der Waals surface area (Å²) in [7, 11) is 0. The zero-order chi connectivity index (χ0) is 29.7. The van der Waals surface area contributed by atoms with E-state index in [9.17, 15) is 19.2 Å². The van der Waals surface area contributed by atoms with Crippen LogP contribution >= 0.6 is 11.8 Å². The smallest absolute Gasteiger partial charge is 0.340 e. The summed E-state index contributed by atoms with van der Waals surface area (Å²) in [4.78, 5) is 62.6. The number of anilines is 2. The molecule has 4 rings (SSSR count). The molecule has 1 aliphatic heterocycles. The fourth-order valence-electron chi connectivity index (χ4n) is 3.99. The summed E-state index contributed by atoms with van der Waals surface area (Å²) < 4.78 is 10.5. The molecule has 2 heterocycles. The molecular formula is C30H30N4O6S. The summed E-state index contributed by atoms with van der Waals surface area (Å²) in [6.07, 6.45) is 0.350. The van der Waals surface area contributed by atoms with Crippen molar-refractivity contribution in [1.82, 2.24) is 9.97 Å². The first-order valence-electron chi connectivity index (χ1n) is 13.1. The van der Waals surface area contributed by atoms with Gasteiger partial charge in [-0.15, -0.1) is 0 Å². The van der Waals surface area contributed by atoms with Gasteiger partial charge in [0.15, 0.2) is 5.16 Å². The van der Waals surface area contributed by atoms with Crippen molar-refractivity contribution >= 4 is 46.9 Å². The average Bonchev–Trinajstić information content (AvgIpc) is 3.14. The average molecular weight is 575 g/mol. The molecule has 2 amide bonds. The maximum absolute atomic E-state index is 13.8. The number of esters is 2. The quantitative estimate of drug-likeness (QED) is 0.196. The van der Waals surface area contributed by atoms with Crippen LogP contribution in [0.25, 0.3) is 0 Å². The molecule has 212 valence electrons. The van der Waals surface area contributed by atoms with E-state index in [2.05, 4.69) is 15.3 Å². The lowest BCUT2D eigenvalue weighted by Gasteiger charge is -2.18. The molecule has 2 aromatic carbocycles. The molecule has 0 saturated heterocycles. The van der Waals surface area contributed by atoms with Crippen molar-refractivity contribution in [3.8, 4) is 0 Å². The van der Waals surface area contributed by atoms with E-state index in [0.717, 1.165) is 16.7 Å². The van der Waals surface area contributed by atoms with Gasteiger partial charge in [-0.3, -0.25) is 9.59 Å². The van der Waals surface area contributed by atoms with Crippen molar-refractivity contribution in [2.75, 3.05) is 16.8 Å². The molecule has 10 nitrogen and oxygen atoms in total. The molecule has 1 aromatic heterocycles. The normalized spacial score (nSPS) is 13.2. The highest BCUT2D eigenvalue weighted by molar-refractivity contribution is 8.04. The van der Waals surface area contributed by atoms with Crippen LogP contribution in [0.3, 0.4) is 0 Å². The van der Waals surface area contributed by atoms with Crippen LogP contribution in [0.5, 0.6) is 0 Å². The summed E-state index contributed by atoms with van der Waals surface area (Å²) in [6.45, 7) is 9.21. The standard InChI is InChI=1S/C30H30N4O6S/c1-6-15-39-29(38)22-9-7-8-10-23(22)34-26(35)24(25(27(34)36)41-30-31-18(4)16-19(5)32-30)33-21-13-11-20(12-14-21)28(37)40-17(2)3/h7-14,16-17,33H,6,15H2,1-5H3. The summed E-state index contributed by atoms with van der Waals surface area (Å²) in [5.41, 5.74) is 2.38. The van der Waals surface area contributed by atoms with E-state index in [-0.39, 0.29) is 34.6 Å². The monoisotopic (exact) mass is 574 g/mol. The molecule has 0 fully saturated rings. The Balaban J connectivity index is 1.73. The topological polar surface area (TPSA) is 128 Å². The van der Waals surface area contributed by atoms with E-state index in [4.69, 9.17) is 9.47 Å². The van der Waals surface area contributed by atoms with Crippen LogP contribution < -0.4 is 10.2 Å². The van der Waals surface area contributed by atoms with E-state index in [1.807, 2.05) is 20.8 Å². The van der Waals surface area contributed by atoms with Gasteiger partial charge in [0.25, 0.3) is 11.8 Å². The molecular weight excluding hydrogens is 544 g/mol. The molecule has 1 aliphatic rings. The second kappa shape index (κ2) is 12.8. The molecule has 3 aromatic rings. The number of aryl methyl sites for hydroxylation is 2. The van der Waals surface area contributed by atoms with Gasteiger partial charge in [0.1, 0.15) is 10.6 Å². The van der Waals surface area contributed by atoms with Crippen molar-refractivity contribution in [3.63, 3.8) is 0 Å². The number of rotatable bonds is 10. The number of ether oxygens (including phenoxy) is 2. The van der Waals surface area contributed by atoms with Gasteiger partial charge >= 0.3 is 11.9 Å². The molecule has 11 heteroatoms. The first-order valence-corrected chi connectivity index (χ1v) is 13.9. The summed E-state index contributed by atoms with van der Waals surface area (Å²) in [5, 5.41) is 3.33. The Kier molecular flexibility index (Phi) is 9.18. The third-order valence-corrected chi connectivity index (χ3v) is 6.68. The number of hydrogen-bond donors (Lipinski definition) is 1. The van der Waals surface area contributed by atoms with Gasteiger partial charge in [-0.25, -0.2) is 24.5 Å². The zero-order valence-electron chi connectivity index (χ0n) is 23.4. The van der Waals surface area contributed by atoms with Crippen molar-refractivity contribution in [2.24, 2.45) is 0 Å². The van der Waals surface area contributed by atoms with E-state index in [1.165, 1.54) is 12.1 Å². The van der Waals surface area contributed by atoms with Gasteiger partial charge in [-0.2, -0.15) is 0 Å². The van der Waals surface area contributed by atoms with Gasteiger partial charge in [0, 0.05) is 17.1 Å². The highest BCUT2D eigenvalue weighted by atomic mass is 32.2. The number of hydrogen-bond acceptors (Lipinski definition) is 10. The maximum Gasteiger partial charge on any atom is 0.340 e. The molecule has 0 bridgehead atoms. The molecule has 0 radical (unpaired) electrons. The molecule has 0 unspecified atom stereocenters. The lowest BCUT2D eigenvalue weighted by atomic mass is 10.1. The van der Waals surface area contributed by atoms with E-state index >= 15 is 0 Å². The molecule has 1 N–H and O–H groups in total. The summed E-state index contributed by atoms with van der Waals surface area (Å²) >= 11 is 0.953. The molecule has 0 aliphatic carbocycles. The first kappa shape index (κ1) is 29.5. The Morgan fingerprint density at radius 3 is 2.24 bits per heavy atom. The minimum absolute atomic E-state index is 0.0167. The van der Waals surface area contributed by atoms with Crippen molar-refractivity contribution in [3.05, 3.63) is 87.7 Å². The number of carbonyl (C=O) groups excluding carboxylic acids is 4. The summed E-state index contributed by atoms with van der Waals surface area (Å²) in [6, 6.07) is 14.4. The van der Waals surface area contributed by atoms with Crippen LogP contribution in [0.15, 0.2) is 70.4 Å². The Bertz CT molecular complexity index is 1510. The van der Waals surface area contributed by atoms with Crippen LogP contribution in [0, 0.1) is 13.8 Å². The van der Waals surface area contributed by atoms with Crippen molar-refractivity contribution in [1.29, 1.82) is 0 Å². The van der Waals surface area contributed by atoms with Crippen LogP contribution in [-0.4, -0.2) is 46.4 Å². The second-order valence-corrected chi connectivity index (χ2v) is 10.5. The lowest BCUT2D eigenvalue weighted by molar-refractivity contribution is -0.120. The number of benzene rings is 2. The number of amides is 2. The van der Waals surface area contributed by atoms with Gasteiger partial charge in [0.2, 0.25) is 0 Å². The SMILES string of the molecule is CCCOC(=O)c1ccccc1N1C(=O)C(Nc2ccc(C(=O)OC(C)C)cc2)=C(Sc2nc(C)cc(C)n2)C1=O. The minimum atomic E-state index is -0.666. The number of para-hydroxylation sites is 1. The van der Waals surface area contributed by atoms with Crippen LogP contribution in [0.1, 0.15) is 59.3 Å². The number of thioether (sulfide) groups is 1. The van der Waals surface area contributed by atoms with Gasteiger partial charge in [0.05, 0.1) is 29.5 Å². The van der Waals surface area contributed by atoms with Crippen LogP contribution in [-0.2, 0) is 19.1 Å². The Hall–Kier alpha value is -4.51. The highest BCUT2D eigenvalue weighted by Gasteiger charge is 2.42. The van der Waals surface area contributed by atoms with E-state index < -0.39 is 23.8 Å². The largest absolute Gasteiger partial charge is 0.462 e. The second-order valence-electron chi connectivity index (χ2n) is 9.49. The summed E-state index contributed by atoms with van der Waals surface area (Å²) in [5.74, 6) is -2.42. The highest BCUT2D eigenvalue weighted by Crippen LogP contribution is 2.38. The van der Waals surface area contributed by atoms with Crippen molar-refractivity contribution < 1.29 is 28.7 Å². The van der Waals surface area contributed by atoms with E-state index in [1.54, 1.807) is 56.3 Å². The third kappa shape index (κ3) is 6.80. The predicted octanol–water partition coefficient (Wildman–Crippen LogP) is 5.21. The number of nitrogens with zero attached hydrogens (tertiary/aromatic N) is 3. The van der Waals surface area contributed by atoms with Crippen LogP contribution in [0.2, 0.25) is 0 Å². The Morgan fingerprint density at radius 2 is 1.61 bits per heavy atom. The van der Waals surface area contributed by atoms with Gasteiger partial charge in [-0.1, -0.05) is 19.1 Å².